The van der Waals surface area contributed by atoms with Gasteiger partial charge in [-0.15, -0.1) is 0 Å². The number of carbonyl (C=O) groups is 1. The van der Waals surface area contributed by atoms with Crippen molar-refractivity contribution in [3.63, 3.8) is 0 Å². The lowest BCUT2D eigenvalue weighted by molar-refractivity contribution is -0.114. The van der Waals surface area contributed by atoms with Crippen molar-refractivity contribution in [1.82, 2.24) is 9.97 Å². The van der Waals surface area contributed by atoms with Crippen LogP contribution in [0.5, 0.6) is 0 Å². The second kappa shape index (κ2) is 11.9. The summed E-state index contributed by atoms with van der Waals surface area (Å²) in [5, 5.41) is 2.95. The molecule has 0 fully saturated rings. The van der Waals surface area contributed by atoms with Gasteiger partial charge in [-0.2, -0.15) is 0 Å². The first-order valence-electron chi connectivity index (χ1n) is 12.4. The Hall–Kier alpha value is -4.00. The van der Waals surface area contributed by atoms with Crippen molar-refractivity contribution in [2.24, 2.45) is 0 Å². The van der Waals surface area contributed by atoms with Gasteiger partial charge in [0.05, 0.1) is 15.5 Å². The zero-order valence-corrected chi connectivity index (χ0v) is 25.1. The first kappa shape index (κ1) is 30.0. The number of hydrogen-bond acceptors (Lipinski definition) is 7. The van der Waals surface area contributed by atoms with Crippen LogP contribution in [0.1, 0.15) is 22.5 Å². The third-order valence-corrected chi connectivity index (χ3v) is 9.35. The number of nitrogens with one attached hydrogen (secondary N) is 2. The fourth-order valence-electron chi connectivity index (χ4n) is 3.99. The molecule has 0 spiro atoms. The van der Waals surface area contributed by atoms with E-state index in [0.717, 1.165) is 9.87 Å². The molecule has 0 aliphatic heterocycles. The maximum Gasteiger partial charge on any atom is 0.264 e. The number of sulfonamides is 2. The van der Waals surface area contributed by atoms with Gasteiger partial charge >= 0.3 is 0 Å². The van der Waals surface area contributed by atoms with Crippen LogP contribution in [-0.4, -0.2) is 39.3 Å². The van der Waals surface area contributed by atoms with Gasteiger partial charge in [0.25, 0.3) is 20.0 Å². The maximum atomic E-state index is 13.7. The molecule has 41 heavy (non-hydrogen) atoms. The van der Waals surface area contributed by atoms with Crippen LogP contribution >= 0.6 is 11.6 Å². The molecule has 3 aromatic carbocycles. The largest absolute Gasteiger partial charge is 0.325 e. The average Bonchev–Trinajstić information content (AvgIpc) is 2.88. The molecule has 0 saturated heterocycles. The van der Waals surface area contributed by atoms with Gasteiger partial charge in [0.15, 0.2) is 0 Å². The van der Waals surface area contributed by atoms with Gasteiger partial charge in [0.1, 0.15) is 6.54 Å². The van der Waals surface area contributed by atoms with Crippen LogP contribution in [0.3, 0.4) is 0 Å². The van der Waals surface area contributed by atoms with Crippen LogP contribution in [0.4, 0.5) is 17.3 Å². The van der Waals surface area contributed by atoms with E-state index in [1.807, 2.05) is 6.92 Å². The second-order valence-corrected chi connectivity index (χ2v) is 13.4. The highest BCUT2D eigenvalue weighted by atomic mass is 35.5. The quantitative estimate of drug-likeness (QED) is 0.271. The molecule has 0 bridgehead atoms. The van der Waals surface area contributed by atoms with Crippen molar-refractivity contribution in [2.45, 2.75) is 37.5 Å². The number of benzene rings is 3. The van der Waals surface area contributed by atoms with Crippen molar-refractivity contribution in [3.8, 4) is 0 Å². The van der Waals surface area contributed by atoms with Crippen molar-refractivity contribution in [2.75, 3.05) is 20.9 Å². The zero-order valence-electron chi connectivity index (χ0n) is 22.7. The number of anilines is 3. The minimum atomic E-state index is -4.15. The van der Waals surface area contributed by atoms with Crippen molar-refractivity contribution >= 4 is 54.9 Å². The van der Waals surface area contributed by atoms with Crippen LogP contribution in [0, 0.1) is 27.7 Å². The van der Waals surface area contributed by atoms with Crippen molar-refractivity contribution < 1.29 is 21.6 Å². The number of rotatable bonds is 9. The van der Waals surface area contributed by atoms with Gasteiger partial charge in [0.2, 0.25) is 11.9 Å². The van der Waals surface area contributed by atoms with Gasteiger partial charge in [-0.25, -0.2) is 31.5 Å². The molecule has 0 aliphatic carbocycles. The molecule has 4 rings (SSSR count). The summed E-state index contributed by atoms with van der Waals surface area (Å²) >= 11 is 6.18. The van der Waals surface area contributed by atoms with E-state index in [1.54, 1.807) is 51.1 Å². The van der Waals surface area contributed by atoms with E-state index in [2.05, 4.69) is 20.0 Å². The zero-order chi connectivity index (χ0) is 29.9. The Labute approximate surface area is 244 Å². The first-order valence-corrected chi connectivity index (χ1v) is 15.7. The van der Waals surface area contributed by atoms with Gasteiger partial charge in [-0.05, 0) is 87.9 Å². The smallest absolute Gasteiger partial charge is 0.264 e. The van der Waals surface area contributed by atoms with E-state index >= 15 is 0 Å². The highest BCUT2D eigenvalue weighted by Gasteiger charge is 2.28. The van der Waals surface area contributed by atoms with Crippen LogP contribution in [-0.2, 0) is 24.8 Å². The Balaban J connectivity index is 1.56. The predicted octanol–water partition coefficient (Wildman–Crippen LogP) is 5.00. The lowest BCUT2D eigenvalue weighted by Gasteiger charge is -2.26. The fraction of sp³-hybridized carbons (Fsp3) is 0.179. The molecule has 0 saturated carbocycles. The Bertz CT molecular complexity index is 1790. The predicted molar refractivity (Wildman–Crippen MR) is 159 cm³/mol. The first-order chi connectivity index (χ1) is 19.2. The topological polar surface area (TPSA) is 138 Å². The maximum absolute atomic E-state index is 13.7. The minimum absolute atomic E-state index is 0.0186. The Morgan fingerprint density at radius 1 is 0.805 bits per heavy atom. The van der Waals surface area contributed by atoms with Gasteiger partial charge in [-0.1, -0.05) is 35.4 Å². The second-order valence-electron chi connectivity index (χ2n) is 9.41. The SMILES string of the molecule is Cc1ccc(S(=O)(=O)N(CC(=O)Nc2ccc(S(=O)(=O)Nc3nc(C)cc(C)n3)cc2)c2cc(Cl)ccc2C)cc1. The highest BCUT2D eigenvalue weighted by molar-refractivity contribution is 7.93. The van der Waals surface area contributed by atoms with Crippen LogP contribution in [0.25, 0.3) is 0 Å². The summed E-state index contributed by atoms with van der Waals surface area (Å²) in [6, 6.07) is 18.2. The van der Waals surface area contributed by atoms with E-state index in [0.29, 0.717) is 22.0 Å². The number of aryl methyl sites for hydroxylation is 4. The summed E-state index contributed by atoms with van der Waals surface area (Å²) in [6.07, 6.45) is 0. The van der Waals surface area contributed by atoms with Gasteiger partial charge in [0, 0.05) is 22.1 Å². The molecule has 10 nitrogen and oxygen atoms in total. The fourth-order valence-corrected chi connectivity index (χ4v) is 6.57. The molecule has 0 aliphatic rings. The molecule has 1 aromatic heterocycles. The molecule has 1 amide bonds. The normalized spacial score (nSPS) is 11.6. The summed E-state index contributed by atoms with van der Waals surface area (Å²) in [6.45, 7) is 6.46. The lowest BCUT2D eigenvalue weighted by Crippen LogP contribution is -2.38. The number of halogens is 1. The summed E-state index contributed by atoms with van der Waals surface area (Å²) < 4.78 is 56.3. The number of amides is 1. The summed E-state index contributed by atoms with van der Waals surface area (Å²) in [4.78, 5) is 21.2. The number of aromatic nitrogens is 2. The number of nitrogens with zero attached hydrogens (tertiary/aromatic N) is 3. The number of carbonyl (C=O) groups excluding carboxylic acids is 1. The standard InChI is InChI=1S/C28H28ClN5O5S2/c1-18-5-11-25(12-6-18)41(38,39)34(26-16-22(29)8-7-19(26)2)17-27(35)32-23-9-13-24(14-10-23)40(36,37)33-28-30-20(3)15-21(4)31-28/h5-16H,17H2,1-4H3,(H,32,35)(H,30,31,33). The van der Waals surface area contributed by atoms with Gasteiger partial charge in [-0.3, -0.25) is 9.10 Å². The number of hydrogen-bond donors (Lipinski definition) is 2. The van der Waals surface area contributed by atoms with Crippen molar-refractivity contribution in [3.05, 3.63) is 100 Å². The highest BCUT2D eigenvalue weighted by Crippen LogP contribution is 2.30. The molecule has 0 unspecified atom stereocenters. The summed E-state index contributed by atoms with van der Waals surface area (Å²) in [7, 11) is -8.14. The third-order valence-electron chi connectivity index (χ3n) is 5.99. The van der Waals surface area contributed by atoms with Crippen LogP contribution in [0.2, 0.25) is 5.02 Å². The minimum Gasteiger partial charge on any atom is -0.325 e. The molecule has 214 valence electrons. The summed E-state index contributed by atoms with van der Waals surface area (Å²) in [5.41, 5.74) is 3.24. The Kier molecular flexibility index (Phi) is 8.66. The molecule has 0 atom stereocenters. The van der Waals surface area contributed by atoms with E-state index in [-0.39, 0.29) is 27.1 Å². The molecular weight excluding hydrogens is 586 g/mol. The van der Waals surface area contributed by atoms with E-state index in [1.165, 1.54) is 42.5 Å². The van der Waals surface area contributed by atoms with Crippen LogP contribution < -0.4 is 14.3 Å². The molecule has 2 N–H and O–H groups in total. The van der Waals surface area contributed by atoms with E-state index < -0.39 is 32.5 Å². The molecule has 1 heterocycles. The van der Waals surface area contributed by atoms with Crippen molar-refractivity contribution in [1.29, 1.82) is 0 Å². The van der Waals surface area contributed by atoms with Crippen LogP contribution in [0.15, 0.2) is 82.6 Å². The van der Waals surface area contributed by atoms with E-state index in [9.17, 15) is 21.6 Å². The molecule has 4 aromatic rings. The Morgan fingerprint density at radius 2 is 1.39 bits per heavy atom. The average molecular weight is 614 g/mol. The van der Waals surface area contributed by atoms with E-state index in [4.69, 9.17) is 11.6 Å². The Morgan fingerprint density at radius 3 is 2.00 bits per heavy atom. The molecule has 13 heteroatoms. The summed E-state index contributed by atoms with van der Waals surface area (Å²) in [5.74, 6) is -0.691. The monoisotopic (exact) mass is 613 g/mol. The third kappa shape index (κ3) is 7.20. The molecule has 0 radical (unpaired) electrons. The molecular formula is C28H28ClN5O5S2. The lowest BCUT2D eigenvalue weighted by atomic mass is 10.2. The van der Waals surface area contributed by atoms with Gasteiger partial charge < -0.3 is 5.32 Å².